The first-order valence-electron chi connectivity index (χ1n) is 5.69. The monoisotopic (exact) mass is 300 g/mol. The molecular formula is C12H17BrN2O2. The summed E-state index contributed by atoms with van der Waals surface area (Å²) < 4.78 is 11.1. The summed E-state index contributed by atoms with van der Waals surface area (Å²) in [5, 5.41) is 0.839. The van der Waals surface area contributed by atoms with Gasteiger partial charge in [0.1, 0.15) is 0 Å². The lowest BCUT2D eigenvalue weighted by molar-refractivity contribution is 0.0374. The number of aromatic nitrogens is 1. The molecule has 0 spiro atoms. The topological polar surface area (TPSA) is 34.6 Å². The minimum atomic E-state index is 0.206. The highest BCUT2D eigenvalue weighted by Gasteiger charge is 2.28. The van der Waals surface area contributed by atoms with Gasteiger partial charge in [0.05, 0.1) is 25.9 Å². The number of halogens is 1. The summed E-state index contributed by atoms with van der Waals surface area (Å²) in [5.41, 5.74) is 0. The van der Waals surface area contributed by atoms with Crippen molar-refractivity contribution in [2.75, 3.05) is 30.5 Å². The second kappa shape index (κ2) is 5.69. The predicted octanol–water partition coefficient (Wildman–Crippen LogP) is 2.08. The van der Waals surface area contributed by atoms with E-state index in [1.807, 2.05) is 12.1 Å². The molecule has 2 atom stereocenters. The fourth-order valence-electron chi connectivity index (χ4n) is 1.96. The lowest BCUT2D eigenvalue weighted by Gasteiger charge is -2.38. The molecule has 0 bridgehead atoms. The zero-order valence-corrected chi connectivity index (χ0v) is 11.7. The molecule has 0 radical (unpaired) electrons. The van der Waals surface area contributed by atoms with Crippen LogP contribution in [0.1, 0.15) is 6.92 Å². The van der Waals surface area contributed by atoms with E-state index in [1.165, 1.54) is 0 Å². The van der Waals surface area contributed by atoms with E-state index in [2.05, 4.69) is 32.7 Å². The zero-order chi connectivity index (χ0) is 12.3. The Morgan fingerprint density at radius 1 is 1.65 bits per heavy atom. The smallest absolute Gasteiger partial charge is 0.171 e. The molecule has 1 aromatic heterocycles. The maximum Gasteiger partial charge on any atom is 0.171 e. The molecule has 1 aliphatic heterocycles. The van der Waals surface area contributed by atoms with E-state index >= 15 is 0 Å². The Bertz CT molecular complexity index is 375. The summed E-state index contributed by atoms with van der Waals surface area (Å²) in [5.74, 6) is 1.71. The second-order valence-corrected chi connectivity index (χ2v) is 4.79. The minimum absolute atomic E-state index is 0.206. The van der Waals surface area contributed by atoms with E-state index in [1.54, 1.807) is 13.3 Å². The number of alkyl halides is 1. The average molecular weight is 301 g/mol. The molecule has 2 rings (SSSR count). The van der Waals surface area contributed by atoms with Crippen LogP contribution in [-0.2, 0) is 4.74 Å². The third kappa shape index (κ3) is 2.72. The number of morpholine rings is 1. The molecule has 4 nitrogen and oxygen atoms in total. The molecule has 0 aliphatic carbocycles. The fourth-order valence-corrected chi connectivity index (χ4v) is 2.35. The number of ether oxygens (including phenoxy) is 2. The van der Waals surface area contributed by atoms with E-state index in [0.717, 1.165) is 30.0 Å². The van der Waals surface area contributed by atoms with Crippen molar-refractivity contribution < 1.29 is 9.47 Å². The quantitative estimate of drug-likeness (QED) is 0.801. The molecule has 2 heterocycles. The Balaban J connectivity index is 2.24. The standard InChI is InChI=1S/C12H17BrN2O2/c1-9-8-17-10(6-13)7-15(9)12-11(16-2)4-3-5-14-12/h3-5,9-10H,6-8H2,1-2H3. The van der Waals surface area contributed by atoms with Gasteiger partial charge in [-0.2, -0.15) is 0 Å². The van der Waals surface area contributed by atoms with Gasteiger partial charge < -0.3 is 14.4 Å². The van der Waals surface area contributed by atoms with Crippen LogP contribution < -0.4 is 9.64 Å². The van der Waals surface area contributed by atoms with Crippen LogP contribution in [0.4, 0.5) is 5.82 Å². The van der Waals surface area contributed by atoms with Crippen LogP contribution in [-0.4, -0.2) is 42.7 Å². The SMILES string of the molecule is COc1cccnc1N1CC(CBr)OCC1C. The lowest BCUT2D eigenvalue weighted by Crippen LogP contribution is -2.49. The van der Waals surface area contributed by atoms with Crippen molar-refractivity contribution in [3.8, 4) is 5.75 Å². The van der Waals surface area contributed by atoms with E-state index in [4.69, 9.17) is 9.47 Å². The molecule has 1 fully saturated rings. The van der Waals surface area contributed by atoms with Crippen LogP contribution in [0.5, 0.6) is 5.75 Å². The predicted molar refractivity (Wildman–Crippen MR) is 71.1 cm³/mol. The third-order valence-corrected chi connectivity index (χ3v) is 3.64. The molecule has 0 saturated carbocycles. The summed E-state index contributed by atoms with van der Waals surface area (Å²) in [7, 11) is 1.67. The van der Waals surface area contributed by atoms with Crippen LogP contribution in [0.25, 0.3) is 0 Å². The number of rotatable bonds is 3. The minimum Gasteiger partial charge on any atom is -0.493 e. The van der Waals surface area contributed by atoms with E-state index in [9.17, 15) is 0 Å². The molecule has 94 valence electrons. The van der Waals surface area contributed by atoms with Gasteiger partial charge in [-0.1, -0.05) is 15.9 Å². The van der Waals surface area contributed by atoms with Gasteiger partial charge >= 0.3 is 0 Å². The zero-order valence-electron chi connectivity index (χ0n) is 10.1. The van der Waals surface area contributed by atoms with Gasteiger partial charge in [-0.05, 0) is 19.1 Å². The largest absolute Gasteiger partial charge is 0.493 e. The summed E-state index contributed by atoms with van der Waals surface area (Å²) in [6.45, 7) is 3.69. The molecule has 0 aromatic carbocycles. The van der Waals surface area contributed by atoms with Gasteiger partial charge in [0.15, 0.2) is 11.6 Å². The van der Waals surface area contributed by atoms with Crippen LogP contribution in [0, 0.1) is 0 Å². The molecule has 2 unspecified atom stereocenters. The average Bonchev–Trinajstić information content (AvgIpc) is 2.39. The molecule has 1 saturated heterocycles. The Kier molecular flexibility index (Phi) is 4.23. The molecule has 1 aliphatic rings. The second-order valence-electron chi connectivity index (χ2n) is 4.14. The van der Waals surface area contributed by atoms with Crippen molar-refractivity contribution in [1.82, 2.24) is 4.98 Å². The maximum absolute atomic E-state index is 5.71. The van der Waals surface area contributed by atoms with Crippen molar-refractivity contribution in [2.24, 2.45) is 0 Å². The normalized spacial score (nSPS) is 24.8. The first-order chi connectivity index (χ1) is 8.26. The van der Waals surface area contributed by atoms with Crippen molar-refractivity contribution >= 4 is 21.7 Å². The highest BCUT2D eigenvalue weighted by atomic mass is 79.9. The van der Waals surface area contributed by atoms with Crippen molar-refractivity contribution in [1.29, 1.82) is 0 Å². The van der Waals surface area contributed by atoms with Crippen LogP contribution in [0.15, 0.2) is 18.3 Å². The molecule has 0 amide bonds. The Morgan fingerprint density at radius 2 is 2.47 bits per heavy atom. The van der Waals surface area contributed by atoms with Crippen LogP contribution in [0.3, 0.4) is 0 Å². The molecule has 17 heavy (non-hydrogen) atoms. The van der Waals surface area contributed by atoms with Gasteiger partial charge in [-0.25, -0.2) is 4.98 Å². The lowest BCUT2D eigenvalue weighted by atomic mass is 10.2. The number of nitrogens with zero attached hydrogens (tertiary/aromatic N) is 2. The van der Waals surface area contributed by atoms with Gasteiger partial charge in [-0.3, -0.25) is 0 Å². The van der Waals surface area contributed by atoms with Crippen molar-refractivity contribution in [3.63, 3.8) is 0 Å². The van der Waals surface area contributed by atoms with Crippen molar-refractivity contribution in [3.05, 3.63) is 18.3 Å². The van der Waals surface area contributed by atoms with E-state index in [0.29, 0.717) is 6.04 Å². The number of hydrogen-bond acceptors (Lipinski definition) is 4. The molecular weight excluding hydrogens is 284 g/mol. The number of pyridine rings is 1. The highest BCUT2D eigenvalue weighted by molar-refractivity contribution is 9.09. The Morgan fingerprint density at radius 3 is 3.18 bits per heavy atom. The first-order valence-corrected chi connectivity index (χ1v) is 6.81. The van der Waals surface area contributed by atoms with Crippen LogP contribution >= 0.6 is 15.9 Å². The number of hydrogen-bond donors (Lipinski definition) is 0. The number of anilines is 1. The van der Waals surface area contributed by atoms with E-state index < -0.39 is 0 Å². The summed E-state index contributed by atoms with van der Waals surface area (Å²) >= 11 is 3.46. The van der Waals surface area contributed by atoms with Crippen molar-refractivity contribution in [2.45, 2.75) is 19.1 Å². The first kappa shape index (κ1) is 12.6. The Labute approximate surface area is 110 Å². The third-order valence-electron chi connectivity index (χ3n) is 2.92. The molecule has 1 aromatic rings. The maximum atomic E-state index is 5.71. The molecule has 5 heteroatoms. The highest BCUT2D eigenvalue weighted by Crippen LogP contribution is 2.28. The van der Waals surface area contributed by atoms with Gasteiger partial charge in [-0.15, -0.1) is 0 Å². The summed E-state index contributed by atoms with van der Waals surface area (Å²) in [4.78, 5) is 6.67. The van der Waals surface area contributed by atoms with Gasteiger partial charge in [0.25, 0.3) is 0 Å². The van der Waals surface area contributed by atoms with Gasteiger partial charge in [0, 0.05) is 18.1 Å². The summed E-state index contributed by atoms with van der Waals surface area (Å²) in [6, 6.07) is 4.14. The van der Waals surface area contributed by atoms with Gasteiger partial charge in [0.2, 0.25) is 0 Å². The summed E-state index contributed by atoms with van der Waals surface area (Å²) in [6.07, 6.45) is 2.00. The number of methoxy groups -OCH3 is 1. The fraction of sp³-hybridized carbons (Fsp3) is 0.583. The van der Waals surface area contributed by atoms with Crippen LogP contribution in [0.2, 0.25) is 0 Å². The molecule has 0 N–H and O–H groups in total. The van der Waals surface area contributed by atoms with E-state index in [-0.39, 0.29) is 6.10 Å². The Hall–Kier alpha value is -0.810.